The molecule has 2 aromatic rings. The molecule has 0 radical (unpaired) electrons. The van der Waals surface area contributed by atoms with Crippen LogP contribution < -0.4 is 5.32 Å². The Bertz CT molecular complexity index is 614. The second-order valence-corrected chi connectivity index (χ2v) is 6.42. The number of nitrogens with zero attached hydrogens (tertiary/aromatic N) is 1. The minimum absolute atomic E-state index is 0.0207. The molecular formula is C15H19N3OS. The van der Waals surface area contributed by atoms with E-state index in [1.54, 1.807) is 11.8 Å². The highest BCUT2D eigenvalue weighted by atomic mass is 32.2. The van der Waals surface area contributed by atoms with Crippen LogP contribution in [0, 0.1) is 0 Å². The van der Waals surface area contributed by atoms with E-state index < -0.39 is 0 Å². The van der Waals surface area contributed by atoms with Gasteiger partial charge in [-0.15, -0.1) is 11.8 Å². The molecule has 1 aromatic heterocycles. The Balaban J connectivity index is 2.18. The monoisotopic (exact) mass is 289 g/mol. The minimum atomic E-state index is -0.137. The Morgan fingerprint density at radius 2 is 2.00 bits per heavy atom. The fourth-order valence-corrected chi connectivity index (χ4v) is 2.38. The molecule has 0 unspecified atom stereocenters. The average molecular weight is 289 g/mol. The van der Waals surface area contributed by atoms with Gasteiger partial charge in [-0.05, 0) is 18.4 Å². The lowest BCUT2D eigenvalue weighted by Gasteiger charge is -2.14. The standard InChI is InChI=1S/C15H19N3OS/c1-15(2,3)12-9-13(18-17-12)16-14(19)10-7-5-6-8-11(10)20-4/h5-9H,1-4H3,(H2,16,17,18,19). The lowest BCUT2D eigenvalue weighted by molar-refractivity contribution is 0.102. The van der Waals surface area contributed by atoms with Gasteiger partial charge in [0.05, 0.1) is 5.56 Å². The van der Waals surface area contributed by atoms with E-state index in [2.05, 4.69) is 36.3 Å². The van der Waals surface area contributed by atoms with Crippen molar-refractivity contribution < 1.29 is 4.79 Å². The number of anilines is 1. The highest BCUT2D eigenvalue weighted by Crippen LogP contribution is 2.23. The number of hydrogen-bond donors (Lipinski definition) is 2. The quantitative estimate of drug-likeness (QED) is 0.847. The zero-order valence-electron chi connectivity index (χ0n) is 12.2. The zero-order valence-corrected chi connectivity index (χ0v) is 13.0. The first-order valence-electron chi connectivity index (χ1n) is 6.42. The molecule has 0 fully saturated rings. The fourth-order valence-electron chi connectivity index (χ4n) is 1.79. The van der Waals surface area contributed by atoms with E-state index in [4.69, 9.17) is 0 Å². The van der Waals surface area contributed by atoms with Gasteiger partial charge in [0.25, 0.3) is 5.91 Å². The molecule has 0 spiro atoms. The Labute approximate surface area is 123 Å². The number of amides is 1. The largest absolute Gasteiger partial charge is 0.305 e. The molecule has 0 aliphatic heterocycles. The summed E-state index contributed by atoms with van der Waals surface area (Å²) in [4.78, 5) is 13.2. The summed E-state index contributed by atoms with van der Waals surface area (Å²) < 4.78 is 0. The Kier molecular flexibility index (Phi) is 4.18. The number of H-pyrrole nitrogens is 1. The summed E-state index contributed by atoms with van der Waals surface area (Å²) >= 11 is 1.55. The van der Waals surface area contributed by atoms with Gasteiger partial charge < -0.3 is 5.32 Å². The normalized spacial score (nSPS) is 11.4. The van der Waals surface area contributed by atoms with Gasteiger partial charge in [0.1, 0.15) is 0 Å². The van der Waals surface area contributed by atoms with Gasteiger partial charge in [-0.2, -0.15) is 5.10 Å². The summed E-state index contributed by atoms with van der Waals surface area (Å²) in [5.74, 6) is 0.415. The number of carbonyl (C=O) groups excluding carboxylic acids is 1. The predicted molar refractivity (Wildman–Crippen MR) is 83.5 cm³/mol. The van der Waals surface area contributed by atoms with Gasteiger partial charge in [-0.25, -0.2) is 0 Å². The average Bonchev–Trinajstić information content (AvgIpc) is 2.87. The Morgan fingerprint density at radius 3 is 2.60 bits per heavy atom. The number of carbonyl (C=O) groups is 1. The lowest BCUT2D eigenvalue weighted by Crippen LogP contribution is -2.13. The van der Waals surface area contributed by atoms with Gasteiger partial charge in [0, 0.05) is 22.1 Å². The number of nitrogens with one attached hydrogen (secondary N) is 2. The van der Waals surface area contributed by atoms with E-state index >= 15 is 0 Å². The third kappa shape index (κ3) is 3.22. The van der Waals surface area contributed by atoms with Gasteiger partial charge in [0.2, 0.25) is 0 Å². The first-order valence-corrected chi connectivity index (χ1v) is 7.64. The maximum absolute atomic E-state index is 12.3. The second kappa shape index (κ2) is 5.71. The van der Waals surface area contributed by atoms with Crippen molar-refractivity contribution in [3.63, 3.8) is 0 Å². The maximum Gasteiger partial charge on any atom is 0.257 e. The first kappa shape index (κ1) is 14.7. The van der Waals surface area contributed by atoms with E-state index in [1.165, 1.54) is 0 Å². The molecule has 1 aromatic carbocycles. The minimum Gasteiger partial charge on any atom is -0.305 e. The lowest BCUT2D eigenvalue weighted by atomic mass is 9.92. The van der Waals surface area contributed by atoms with Crippen molar-refractivity contribution in [3.05, 3.63) is 41.6 Å². The number of rotatable bonds is 3. The van der Waals surface area contributed by atoms with Crippen molar-refractivity contribution in [3.8, 4) is 0 Å². The molecule has 0 aliphatic carbocycles. The maximum atomic E-state index is 12.3. The van der Waals surface area contributed by atoms with E-state index in [-0.39, 0.29) is 11.3 Å². The van der Waals surface area contributed by atoms with Crippen molar-refractivity contribution >= 4 is 23.5 Å². The van der Waals surface area contributed by atoms with Crippen LogP contribution in [0.15, 0.2) is 35.2 Å². The number of hydrogen-bond acceptors (Lipinski definition) is 3. The van der Waals surface area contributed by atoms with Gasteiger partial charge in [0.15, 0.2) is 5.82 Å². The van der Waals surface area contributed by atoms with Crippen LogP contribution >= 0.6 is 11.8 Å². The van der Waals surface area contributed by atoms with E-state index in [0.29, 0.717) is 11.4 Å². The molecule has 0 saturated heterocycles. The van der Waals surface area contributed by atoms with Crippen LogP contribution in [0.2, 0.25) is 0 Å². The molecular weight excluding hydrogens is 270 g/mol. The van der Waals surface area contributed by atoms with Crippen LogP contribution in [0.5, 0.6) is 0 Å². The molecule has 5 heteroatoms. The Hall–Kier alpha value is -1.75. The van der Waals surface area contributed by atoms with Crippen molar-refractivity contribution in [1.29, 1.82) is 0 Å². The molecule has 106 valence electrons. The van der Waals surface area contributed by atoms with Crippen molar-refractivity contribution in [2.75, 3.05) is 11.6 Å². The molecule has 0 saturated carbocycles. The molecule has 2 rings (SSSR count). The highest BCUT2D eigenvalue weighted by molar-refractivity contribution is 7.98. The molecule has 4 nitrogen and oxygen atoms in total. The number of aromatic amines is 1. The smallest absolute Gasteiger partial charge is 0.257 e. The van der Waals surface area contributed by atoms with Gasteiger partial charge in [-0.1, -0.05) is 32.9 Å². The summed E-state index contributed by atoms with van der Waals surface area (Å²) in [5.41, 5.74) is 1.64. The van der Waals surface area contributed by atoms with Crippen molar-refractivity contribution in [1.82, 2.24) is 10.2 Å². The van der Waals surface area contributed by atoms with E-state index in [1.807, 2.05) is 36.6 Å². The topological polar surface area (TPSA) is 57.8 Å². The molecule has 20 heavy (non-hydrogen) atoms. The summed E-state index contributed by atoms with van der Waals surface area (Å²) in [6.07, 6.45) is 1.96. The molecule has 0 atom stereocenters. The molecule has 2 N–H and O–H groups in total. The zero-order chi connectivity index (χ0) is 14.8. The molecule has 0 bridgehead atoms. The summed E-state index contributed by atoms with van der Waals surface area (Å²) in [6, 6.07) is 9.41. The summed E-state index contributed by atoms with van der Waals surface area (Å²) in [7, 11) is 0. The van der Waals surface area contributed by atoms with Crippen LogP contribution in [-0.2, 0) is 5.41 Å². The summed E-state index contributed by atoms with van der Waals surface area (Å²) in [6.45, 7) is 6.28. The predicted octanol–water partition coefficient (Wildman–Crippen LogP) is 3.68. The number of thioether (sulfide) groups is 1. The molecule has 0 aliphatic rings. The molecule has 1 heterocycles. The van der Waals surface area contributed by atoms with Crippen LogP contribution in [0.25, 0.3) is 0 Å². The third-order valence-corrected chi connectivity index (χ3v) is 3.77. The van der Waals surface area contributed by atoms with Crippen molar-refractivity contribution in [2.24, 2.45) is 0 Å². The van der Waals surface area contributed by atoms with Crippen LogP contribution in [0.3, 0.4) is 0 Å². The van der Waals surface area contributed by atoms with Gasteiger partial charge in [-0.3, -0.25) is 9.89 Å². The highest BCUT2D eigenvalue weighted by Gasteiger charge is 2.18. The summed E-state index contributed by atoms with van der Waals surface area (Å²) in [5, 5.41) is 9.93. The SMILES string of the molecule is CSc1ccccc1C(=O)Nc1cc(C(C)(C)C)[nH]n1. The van der Waals surface area contributed by atoms with Crippen LogP contribution in [0.4, 0.5) is 5.82 Å². The third-order valence-electron chi connectivity index (χ3n) is 2.98. The second-order valence-electron chi connectivity index (χ2n) is 5.57. The molecule has 1 amide bonds. The van der Waals surface area contributed by atoms with Crippen LogP contribution in [-0.4, -0.2) is 22.4 Å². The number of aromatic nitrogens is 2. The van der Waals surface area contributed by atoms with Gasteiger partial charge >= 0.3 is 0 Å². The number of benzene rings is 1. The van der Waals surface area contributed by atoms with E-state index in [9.17, 15) is 4.79 Å². The fraction of sp³-hybridized carbons (Fsp3) is 0.333. The van der Waals surface area contributed by atoms with E-state index in [0.717, 1.165) is 10.6 Å². The van der Waals surface area contributed by atoms with Crippen LogP contribution in [0.1, 0.15) is 36.8 Å². The first-order chi connectivity index (χ1) is 9.41. The van der Waals surface area contributed by atoms with Crippen molar-refractivity contribution in [2.45, 2.75) is 31.1 Å². The Morgan fingerprint density at radius 1 is 1.30 bits per heavy atom.